The molecule has 2 aromatic heterocycles. The Morgan fingerprint density at radius 3 is 3.05 bits per heavy atom. The first-order valence-electron chi connectivity index (χ1n) is 6.66. The second-order valence-corrected chi connectivity index (χ2v) is 6.30. The standard InChI is InChI=1S/C12H15N5O4S/c1-5(19)14-12-15-10-8(11(21)16-12)13-4-17(10)6-3-22-7(2-18)9(6)20/h4,6-7,9,18,20H,2-3H2,1H3,(H2,14,15,16,19,21)/t6-,7-,9+/m1/s1. The minimum Gasteiger partial charge on any atom is -0.395 e. The van der Waals surface area contributed by atoms with Crippen LogP contribution in [0.2, 0.25) is 0 Å². The monoisotopic (exact) mass is 325 g/mol. The van der Waals surface area contributed by atoms with E-state index >= 15 is 0 Å². The highest BCUT2D eigenvalue weighted by atomic mass is 32.2. The number of amides is 1. The van der Waals surface area contributed by atoms with E-state index in [4.69, 9.17) is 0 Å². The Kier molecular flexibility index (Phi) is 3.89. The van der Waals surface area contributed by atoms with Crippen molar-refractivity contribution < 1.29 is 15.0 Å². The Balaban J connectivity index is 2.05. The number of carbonyl (C=O) groups excluding carboxylic acids is 1. The van der Waals surface area contributed by atoms with Gasteiger partial charge in [-0.15, -0.1) is 0 Å². The zero-order chi connectivity index (χ0) is 15.9. The van der Waals surface area contributed by atoms with Gasteiger partial charge < -0.3 is 14.8 Å². The minimum absolute atomic E-state index is 0.0330. The van der Waals surface area contributed by atoms with Crippen molar-refractivity contribution in [3.05, 3.63) is 16.7 Å². The number of thioether (sulfide) groups is 1. The molecule has 10 heteroatoms. The lowest BCUT2D eigenvalue weighted by atomic mass is 10.1. The van der Waals surface area contributed by atoms with Crippen LogP contribution in [0.5, 0.6) is 0 Å². The maximum absolute atomic E-state index is 12.0. The number of rotatable bonds is 3. The molecule has 1 amide bonds. The minimum atomic E-state index is -0.766. The average Bonchev–Trinajstić information content (AvgIpc) is 3.01. The van der Waals surface area contributed by atoms with Crippen molar-refractivity contribution in [3.63, 3.8) is 0 Å². The molecular formula is C12H15N5O4S. The van der Waals surface area contributed by atoms with Crippen LogP contribution in [0, 0.1) is 0 Å². The maximum Gasteiger partial charge on any atom is 0.280 e. The summed E-state index contributed by atoms with van der Waals surface area (Å²) in [5.41, 5.74) is -0.0409. The molecule has 0 radical (unpaired) electrons. The maximum atomic E-state index is 12.0. The van der Waals surface area contributed by atoms with E-state index in [1.807, 2.05) is 0 Å². The Morgan fingerprint density at radius 2 is 2.41 bits per heavy atom. The summed E-state index contributed by atoms with van der Waals surface area (Å²) < 4.78 is 1.61. The smallest absolute Gasteiger partial charge is 0.280 e. The van der Waals surface area contributed by atoms with E-state index in [0.717, 1.165) is 0 Å². The summed E-state index contributed by atoms with van der Waals surface area (Å²) in [6.07, 6.45) is 0.677. The Labute approximate surface area is 128 Å². The fourth-order valence-corrected chi connectivity index (χ4v) is 3.75. The third-order valence-corrected chi connectivity index (χ3v) is 4.91. The first-order valence-corrected chi connectivity index (χ1v) is 7.71. The summed E-state index contributed by atoms with van der Waals surface area (Å²) >= 11 is 1.45. The van der Waals surface area contributed by atoms with Crippen LogP contribution in [0.4, 0.5) is 5.95 Å². The average molecular weight is 325 g/mol. The van der Waals surface area contributed by atoms with E-state index in [1.165, 1.54) is 25.0 Å². The molecular weight excluding hydrogens is 310 g/mol. The predicted octanol–water partition coefficient (Wildman–Crippen LogP) is -0.912. The van der Waals surface area contributed by atoms with Crippen molar-refractivity contribution in [1.29, 1.82) is 0 Å². The molecule has 4 N–H and O–H groups in total. The Bertz CT molecular complexity index is 772. The number of anilines is 1. The molecule has 118 valence electrons. The molecule has 0 unspecified atom stereocenters. The van der Waals surface area contributed by atoms with Gasteiger partial charge in [-0.25, -0.2) is 4.98 Å². The fourth-order valence-electron chi connectivity index (χ4n) is 2.47. The van der Waals surface area contributed by atoms with E-state index < -0.39 is 11.7 Å². The van der Waals surface area contributed by atoms with Gasteiger partial charge in [-0.05, 0) is 0 Å². The van der Waals surface area contributed by atoms with Gasteiger partial charge in [0.15, 0.2) is 11.2 Å². The molecule has 0 bridgehead atoms. The van der Waals surface area contributed by atoms with Crippen LogP contribution in [0.25, 0.3) is 11.2 Å². The number of carbonyl (C=O) groups is 1. The second-order valence-electron chi connectivity index (χ2n) is 5.03. The van der Waals surface area contributed by atoms with E-state index in [9.17, 15) is 19.8 Å². The quantitative estimate of drug-likeness (QED) is 0.574. The normalized spacial score (nSPS) is 24.8. The SMILES string of the molecule is CC(=O)Nc1nc2c(ncn2[C@@H]2CS[C@H](CO)[C@H]2O)c(=O)[nH]1. The van der Waals surface area contributed by atoms with Gasteiger partial charge >= 0.3 is 0 Å². The number of hydrogen-bond acceptors (Lipinski definition) is 7. The molecule has 9 nitrogen and oxygen atoms in total. The Morgan fingerprint density at radius 1 is 1.64 bits per heavy atom. The van der Waals surface area contributed by atoms with Gasteiger partial charge in [-0.1, -0.05) is 0 Å². The van der Waals surface area contributed by atoms with E-state index in [-0.39, 0.29) is 40.9 Å². The number of hydrogen-bond donors (Lipinski definition) is 4. The number of aliphatic hydroxyl groups excluding tert-OH is 2. The second kappa shape index (κ2) is 5.71. The molecule has 3 heterocycles. The van der Waals surface area contributed by atoms with Crippen molar-refractivity contribution >= 4 is 34.8 Å². The van der Waals surface area contributed by atoms with Crippen LogP contribution < -0.4 is 10.9 Å². The zero-order valence-electron chi connectivity index (χ0n) is 11.7. The molecule has 1 aliphatic rings. The van der Waals surface area contributed by atoms with Crippen LogP contribution in [0.15, 0.2) is 11.1 Å². The van der Waals surface area contributed by atoms with Crippen LogP contribution in [0.1, 0.15) is 13.0 Å². The summed E-state index contributed by atoms with van der Waals surface area (Å²) in [6, 6.07) is -0.341. The Hall–Kier alpha value is -1.91. The van der Waals surface area contributed by atoms with Gasteiger partial charge in [0.1, 0.15) is 0 Å². The van der Waals surface area contributed by atoms with Crippen molar-refractivity contribution in [2.45, 2.75) is 24.3 Å². The molecule has 1 aliphatic heterocycles. The molecule has 1 fully saturated rings. The van der Waals surface area contributed by atoms with Crippen molar-refractivity contribution in [3.8, 4) is 0 Å². The lowest BCUT2D eigenvalue weighted by Crippen LogP contribution is -2.29. The van der Waals surface area contributed by atoms with Gasteiger partial charge in [-0.2, -0.15) is 16.7 Å². The van der Waals surface area contributed by atoms with Crippen LogP contribution in [0.3, 0.4) is 0 Å². The predicted molar refractivity (Wildman–Crippen MR) is 80.8 cm³/mol. The topological polar surface area (TPSA) is 133 Å². The van der Waals surface area contributed by atoms with Gasteiger partial charge in [0.05, 0.1) is 30.3 Å². The third kappa shape index (κ3) is 2.49. The number of nitrogens with one attached hydrogen (secondary N) is 2. The number of imidazole rings is 1. The number of aromatic amines is 1. The summed E-state index contributed by atoms with van der Waals surface area (Å²) in [7, 11) is 0. The van der Waals surface area contributed by atoms with Gasteiger partial charge in [0.2, 0.25) is 11.9 Å². The highest BCUT2D eigenvalue weighted by Crippen LogP contribution is 2.35. The lowest BCUT2D eigenvalue weighted by Gasteiger charge is -2.18. The van der Waals surface area contributed by atoms with Crippen LogP contribution >= 0.6 is 11.8 Å². The van der Waals surface area contributed by atoms with Gasteiger partial charge in [-0.3, -0.25) is 19.9 Å². The van der Waals surface area contributed by atoms with Gasteiger partial charge in [0, 0.05) is 12.7 Å². The number of H-pyrrole nitrogens is 1. The van der Waals surface area contributed by atoms with E-state index in [2.05, 4.69) is 20.3 Å². The van der Waals surface area contributed by atoms with Crippen LogP contribution in [-0.4, -0.2) is 59.4 Å². The molecule has 22 heavy (non-hydrogen) atoms. The third-order valence-electron chi connectivity index (χ3n) is 3.52. The first kappa shape index (κ1) is 15.0. The molecule has 0 aromatic carbocycles. The summed E-state index contributed by atoms with van der Waals surface area (Å²) in [4.78, 5) is 33.7. The zero-order valence-corrected chi connectivity index (χ0v) is 12.5. The summed E-state index contributed by atoms with van der Waals surface area (Å²) in [5, 5.41) is 21.6. The summed E-state index contributed by atoms with van der Waals surface area (Å²) in [6.45, 7) is 1.19. The molecule has 3 atom stereocenters. The van der Waals surface area contributed by atoms with Crippen LogP contribution in [-0.2, 0) is 4.79 Å². The molecule has 2 aromatic rings. The lowest BCUT2D eigenvalue weighted by molar-refractivity contribution is -0.114. The van der Waals surface area contributed by atoms with Gasteiger partial charge in [0.25, 0.3) is 5.56 Å². The molecule has 0 spiro atoms. The molecule has 1 saturated heterocycles. The number of aromatic nitrogens is 4. The van der Waals surface area contributed by atoms with Crippen molar-refractivity contribution in [2.75, 3.05) is 17.7 Å². The highest BCUT2D eigenvalue weighted by molar-refractivity contribution is 8.00. The fraction of sp³-hybridized carbons (Fsp3) is 0.500. The number of fused-ring (bicyclic) bond motifs is 1. The highest BCUT2D eigenvalue weighted by Gasteiger charge is 2.37. The molecule has 3 rings (SSSR count). The molecule has 0 aliphatic carbocycles. The first-order chi connectivity index (χ1) is 10.5. The number of aliphatic hydroxyl groups is 2. The van der Waals surface area contributed by atoms with Crippen molar-refractivity contribution in [2.24, 2.45) is 0 Å². The summed E-state index contributed by atoms with van der Waals surface area (Å²) in [5.74, 6) is 0.248. The number of nitrogens with zero attached hydrogens (tertiary/aromatic N) is 3. The largest absolute Gasteiger partial charge is 0.395 e. The molecule has 0 saturated carbocycles. The van der Waals surface area contributed by atoms with E-state index in [1.54, 1.807) is 4.57 Å². The van der Waals surface area contributed by atoms with E-state index in [0.29, 0.717) is 5.75 Å². The van der Waals surface area contributed by atoms with Crippen molar-refractivity contribution in [1.82, 2.24) is 19.5 Å².